The van der Waals surface area contributed by atoms with Crippen molar-refractivity contribution < 1.29 is 4.79 Å². The molecule has 0 amide bonds. The molecule has 118 valence electrons. The molecular formula is C18H24N2OS. The van der Waals surface area contributed by atoms with E-state index in [9.17, 15) is 10.1 Å². The van der Waals surface area contributed by atoms with Gasteiger partial charge in [-0.2, -0.15) is 5.26 Å². The van der Waals surface area contributed by atoms with Gasteiger partial charge in [0.25, 0.3) is 0 Å². The standard InChI is InChI=1S/C18H24N2OS/c1-17(2)9-13-15(14(21)10-17)18(7-5-4-6-8-18)12(11-19)16(20-13)22-3/h20H,4-10H2,1-3H3. The molecule has 4 heteroatoms. The fourth-order valence-electron chi connectivity index (χ4n) is 4.49. The number of hydrogen-bond donors (Lipinski definition) is 1. The molecule has 1 saturated carbocycles. The Labute approximate surface area is 137 Å². The Bertz CT molecular complexity index is 615. The van der Waals surface area contributed by atoms with Crippen LogP contribution in [0.1, 0.15) is 58.8 Å². The molecule has 1 fully saturated rings. The molecule has 0 aromatic heterocycles. The molecule has 1 N–H and O–H groups in total. The summed E-state index contributed by atoms with van der Waals surface area (Å²) in [6, 6.07) is 2.45. The van der Waals surface area contributed by atoms with Crippen molar-refractivity contribution in [3.05, 3.63) is 21.9 Å². The Morgan fingerprint density at radius 1 is 1.18 bits per heavy atom. The smallest absolute Gasteiger partial charge is 0.162 e. The van der Waals surface area contributed by atoms with Crippen LogP contribution in [0.3, 0.4) is 0 Å². The highest BCUT2D eigenvalue weighted by molar-refractivity contribution is 8.02. The summed E-state index contributed by atoms with van der Waals surface area (Å²) in [6.45, 7) is 4.32. The van der Waals surface area contributed by atoms with Crippen LogP contribution in [0.5, 0.6) is 0 Å². The zero-order valence-corrected chi connectivity index (χ0v) is 14.5. The Balaban J connectivity index is 2.18. The molecule has 1 spiro atoms. The normalized spacial score (nSPS) is 26.5. The number of nitrogens with zero attached hydrogens (tertiary/aromatic N) is 1. The molecule has 22 heavy (non-hydrogen) atoms. The lowest BCUT2D eigenvalue weighted by Crippen LogP contribution is -2.44. The van der Waals surface area contributed by atoms with Gasteiger partial charge in [-0.3, -0.25) is 4.79 Å². The maximum atomic E-state index is 12.9. The van der Waals surface area contributed by atoms with Crippen molar-refractivity contribution in [2.45, 2.75) is 58.8 Å². The van der Waals surface area contributed by atoms with E-state index in [-0.39, 0.29) is 16.6 Å². The van der Waals surface area contributed by atoms with E-state index in [0.717, 1.165) is 54.0 Å². The largest absolute Gasteiger partial charge is 0.352 e. The van der Waals surface area contributed by atoms with Crippen molar-refractivity contribution in [1.82, 2.24) is 5.32 Å². The number of allylic oxidation sites excluding steroid dienone is 3. The number of fused-ring (bicyclic) bond motifs is 1. The van der Waals surface area contributed by atoms with Gasteiger partial charge >= 0.3 is 0 Å². The minimum atomic E-state index is -0.306. The fourth-order valence-corrected chi connectivity index (χ4v) is 5.16. The maximum absolute atomic E-state index is 12.9. The molecule has 0 aromatic carbocycles. The van der Waals surface area contributed by atoms with Gasteiger partial charge in [-0.05, 0) is 30.9 Å². The summed E-state index contributed by atoms with van der Waals surface area (Å²) in [5, 5.41) is 14.2. The number of thioether (sulfide) groups is 1. The Hall–Kier alpha value is -1.21. The van der Waals surface area contributed by atoms with Crippen molar-refractivity contribution in [3.8, 4) is 6.07 Å². The zero-order chi connectivity index (χ0) is 16.0. The molecule has 0 atom stereocenters. The number of carbonyl (C=O) groups is 1. The number of nitrogens with one attached hydrogen (secondary N) is 1. The van der Waals surface area contributed by atoms with Gasteiger partial charge in [-0.1, -0.05) is 33.1 Å². The van der Waals surface area contributed by atoms with E-state index >= 15 is 0 Å². The molecular weight excluding hydrogens is 292 g/mol. The lowest BCUT2D eigenvalue weighted by molar-refractivity contribution is -0.119. The number of hydrogen-bond acceptors (Lipinski definition) is 4. The van der Waals surface area contributed by atoms with Crippen LogP contribution in [-0.2, 0) is 4.79 Å². The van der Waals surface area contributed by atoms with E-state index in [0.29, 0.717) is 6.42 Å². The van der Waals surface area contributed by atoms with Crippen molar-refractivity contribution in [3.63, 3.8) is 0 Å². The predicted molar refractivity (Wildman–Crippen MR) is 89.9 cm³/mol. The van der Waals surface area contributed by atoms with E-state index in [1.54, 1.807) is 11.8 Å². The molecule has 0 bridgehead atoms. The second-order valence-corrected chi connectivity index (χ2v) is 8.40. The van der Waals surface area contributed by atoms with Gasteiger partial charge in [0.1, 0.15) is 0 Å². The minimum absolute atomic E-state index is 0.00639. The van der Waals surface area contributed by atoms with Gasteiger partial charge in [0.05, 0.1) is 16.7 Å². The third-order valence-corrected chi connectivity index (χ3v) is 6.06. The maximum Gasteiger partial charge on any atom is 0.162 e. The van der Waals surface area contributed by atoms with Crippen LogP contribution >= 0.6 is 11.8 Å². The first kappa shape index (κ1) is 15.7. The number of rotatable bonds is 1. The predicted octanol–water partition coefficient (Wildman–Crippen LogP) is 4.28. The molecule has 0 radical (unpaired) electrons. The summed E-state index contributed by atoms with van der Waals surface area (Å²) >= 11 is 1.60. The molecule has 3 rings (SSSR count). The third-order valence-electron chi connectivity index (χ3n) is 5.35. The van der Waals surface area contributed by atoms with Crippen LogP contribution in [0.4, 0.5) is 0 Å². The molecule has 3 aliphatic rings. The van der Waals surface area contributed by atoms with E-state index < -0.39 is 0 Å². The highest BCUT2D eigenvalue weighted by Crippen LogP contribution is 2.56. The number of Topliss-reactive ketones (excluding diaryl/α,β-unsaturated/α-hetero) is 1. The Morgan fingerprint density at radius 3 is 2.45 bits per heavy atom. The van der Waals surface area contributed by atoms with Crippen LogP contribution in [0, 0.1) is 22.2 Å². The first-order chi connectivity index (χ1) is 10.4. The van der Waals surface area contributed by atoms with Crippen molar-refractivity contribution >= 4 is 17.5 Å². The van der Waals surface area contributed by atoms with Crippen molar-refractivity contribution in [2.24, 2.45) is 10.8 Å². The first-order valence-electron chi connectivity index (χ1n) is 8.16. The molecule has 2 aliphatic carbocycles. The van der Waals surface area contributed by atoms with Gasteiger partial charge < -0.3 is 5.32 Å². The minimum Gasteiger partial charge on any atom is -0.352 e. The van der Waals surface area contributed by atoms with Crippen molar-refractivity contribution in [2.75, 3.05) is 6.26 Å². The third kappa shape index (κ3) is 2.31. The second-order valence-electron chi connectivity index (χ2n) is 7.58. The number of ketones is 1. The summed E-state index contributed by atoms with van der Waals surface area (Å²) in [5.41, 5.74) is 2.55. The van der Waals surface area contributed by atoms with E-state index in [1.807, 2.05) is 6.26 Å². The molecule has 1 aliphatic heterocycles. The van der Waals surface area contributed by atoms with Crippen molar-refractivity contribution in [1.29, 1.82) is 5.26 Å². The zero-order valence-electron chi connectivity index (χ0n) is 13.7. The first-order valence-corrected chi connectivity index (χ1v) is 9.39. The quantitative estimate of drug-likeness (QED) is 0.784. The summed E-state index contributed by atoms with van der Waals surface area (Å²) in [7, 11) is 0. The highest BCUT2D eigenvalue weighted by atomic mass is 32.2. The molecule has 3 nitrogen and oxygen atoms in total. The van der Waals surface area contributed by atoms with E-state index in [2.05, 4.69) is 25.2 Å². The lowest BCUT2D eigenvalue weighted by Gasteiger charge is -2.47. The second kappa shape index (κ2) is 5.45. The summed E-state index contributed by atoms with van der Waals surface area (Å²) in [5.74, 6) is 0.258. The highest BCUT2D eigenvalue weighted by Gasteiger charge is 2.50. The number of dihydropyridines is 1. The Morgan fingerprint density at radius 2 is 1.86 bits per heavy atom. The molecule has 0 saturated heterocycles. The number of carbonyl (C=O) groups excluding carboxylic acids is 1. The summed E-state index contributed by atoms with van der Waals surface area (Å²) in [6.07, 6.45) is 8.85. The van der Waals surface area contributed by atoms with Gasteiger partial charge in [-0.15, -0.1) is 11.8 Å². The van der Waals surface area contributed by atoms with Crippen LogP contribution in [0.25, 0.3) is 0 Å². The Kier molecular flexibility index (Phi) is 3.89. The lowest BCUT2D eigenvalue weighted by atomic mass is 9.58. The molecule has 0 unspecified atom stereocenters. The summed E-state index contributed by atoms with van der Waals surface area (Å²) < 4.78 is 0. The van der Waals surface area contributed by atoms with Crippen LogP contribution in [0.15, 0.2) is 21.9 Å². The number of nitriles is 1. The van der Waals surface area contributed by atoms with E-state index in [1.165, 1.54) is 6.42 Å². The van der Waals surface area contributed by atoms with Crippen LogP contribution < -0.4 is 5.32 Å². The average molecular weight is 316 g/mol. The van der Waals surface area contributed by atoms with Gasteiger partial charge in [-0.25, -0.2) is 0 Å². The topological polar surface area (TPSA) is 52.9 Å². The van der Waals surface area contributed by atoms with Crippen LogP contribution in [-0.4, -0.2) is 12.0 Å². The molecule has 1 heterocycles. The van der Waals surface area contributed by atoms with E-state index in [4.69, 9.17) is 0 Å². The van der Waals surface area contributed by atoms with Gasteiger partial charge in [0.15, 0.2) is 5.78 Å². The van der Waals surface area contributed by atoms with Gasteiger partial charge in [0.2, 0.25) is 0 Å². The SMILES string of the molecule is CSC1=C(C#N)C2(CCCCC2)C2=C(CC(C)(C)CC2=O)N1. The fraction of sp³-hybridized carbons (Fsp3) is 0.667. The van der Waals surface area contributed by atoms with Crippen LogP contribution in [0.2, 0.25) is 0 Å². The van der Waals surface area contributed by atoms with Gasteiger partial charge in [0, 0.05) is 23.1 Å². The monoisotopic (exact) mass is 316 g/mol. The average Bonchev–Trinajstić information content (AvgIpc) is 2.45. The molecule has 0 aromatic rings. The summed E-state index contributed by atoms with van der Waals surface area (Å²) in [4.78, 5) is 12.9.